The number of rotatable bonds is 6. The minimum Gasteiger partial charge on any atom is -0.494 e. The monoisotopic (exact) mass is 295 g/mol. The zero-order valence-corrected chi connectivity index (χ0v) is 12.9. The topological polar surface area (TPSA) is 29.5 Å². The fourth-order valence-electron chi connectivity index (χ4n) is 2.72. The molecule has 3 rings (SSSR count). The Kier molecular flexibility index (Phi) is 4.42. The molecule has 0 radical (unpaired) electrons. The summed E-state index contributed by atoms with van der Waals surface area (Å²) < 4.78 is 5.71. The van der Waals surface area contributed by atoms with Crippen LogP contribution in [-0.4, -0.2) is 24.0 Å². The average Bonchev–Trinajstić information content (AvgIpc) is 2.86. The second kappa shape index (κ2) is 6.65. The van der Waals surface area contributed by atoms with Gasteiger partial charge in [0.2, 0.25) is 0 Å². The lowest BCUT2D eigenvalue weighted by Gasteiger charge is -2.15. The van der Waals surface area contributed by atoms with E-state index in [1.807, 2.05) is 41.3 Å². The molecule has 22 heavy (non-hydrogen) atoms. The Balaban J connectivity index is 1.39. The van der Waals surface area contributed by atoms with Gasteiger partial charge in [0.05, 0.1) is 6.61 Å². The molecule has 1 amide bonds. The molecule has 2 aromatic carbocycles. The van der Waals surface area contributed by atoms with E-state index in [1.54, 1.807) is 0 Å². The number of hydrogen-bond acceptors (Lipinski definition) is 2. The van der Waals surface area contributed by atoms with Gasteiger partial charge in [-0.1, -0.05) is 35.9 Å². The predicted octanol–water partition coefficient (Wildman–Crippen LogP) is 3.81. The average molecular weight is 295 g/mol. The van der Waals surface area contributed by atoms with Crippen LogP contribution in [-0.2, 0) is 6.54 Å². The van der Waals surface area contributed by atoms with Gasteiger partial charge in [0.15, 0.2) is 0 Å². The molecule has 3 heteroatoms. The van der Waals surface area contributed by atoms with E-state index in [1.165, 1.54) is 5.56 Å². The summed E-state index contributed by atoms with van der Waals surface area (Å²) in [6.07, 6.45) is 1.92. The Morgan fingerprint density at radius 2 is 1.82 bits per heavy atom. The zero-order chi connectivity index (χ0) is 15.4. The van der Waals surface area contributed by atoms with E-state index in [2.05, 4.69) is 19.1 Å². The Morgan fingerprint density at radius 3 is 2.59 bits per heavy atom. The van der Waals surface area contributed by atoms with Crippen LogP contribution >= 0.6 is 0 Å². The molecule has 0 atom stereocenters. The van der Waals surface area contributed by atoms with Crippen LogP contribution in [0.2, 0.25) is 0 Å². The highest BCUT2D eigenvalue weighted by Gasteiger charge is 2.25. The van der Waals surface area contributed by atoms with Crippen molar-refractivity contribution in [3.05, 3.63) is 65.2 Å². The molecule has 0 aromatic heterocycles. The fourth-order valence-corrected chi connectivity index (χ4v) is 2.72. The van der Waals surface area contributed by atoms with Crippen LogP contribution in [0, 0.1) is 6.92 Å². The van der Waals surface area contributed by atoms with Crippen molar-refractivity contribution in [1.82, 2.24) is 4.90 Å². The summed E-state index contributed by atoms with van der Waals surface area (Å²) in [5, 5.41) is 0. The maximum atomic E-state index is 12.2. The molecule has 0 aliphatic carbocycles. The number of carbonyl (C=O) groups is 1. The van der Waals surface area contributed by atoms with Gasteiger partial charge in [-0.15, -0.1) is 0 Å². The van der Waals surface area contributed by atoms with Crippen molar-refractivity contribution in [1.29, 1.82) is 0 Å². The van der Waals surface area contributed by atoms with Crippen molar-refractivity contribution < 1.29 is 9.53 Å². The van der Waals surface area contributed by atoms with Gasteiger partial charge in [-0.3, -0.25) is 4.79 Å². The van der Waals surface area contributed by atoms with Gasteiger partial charge < -0.3 is 9.64 Å². The van der Waals surface area contributed by atoms with Crippen LogP contribution in [0.3, 0.4) is 0 Å². The number of carbonyl (C=O) groups excluding carboxylic acids is 1. The summed E-state index contributed by atoms with van der Waals surface area (Å²) in [6, 6.07) is 16.0. The summed E-state index contributed by atoms with van der Waals surface area (Å²) in [5.41, 5.74) is 3.24. The molecule has 0 N–H and O–H groups in total. The van der Waals surface area contributed by atoms with Gasteiger partial charge in [-0.2, -0.15) is 0 Å². The predicted molar refractivity (Wildman–Crippen MR) is 87.1 cm³/mol. The van der Waals surface area contributed by atoms with Crippen LogP contribution in [0.5, 0.6) is 5.75 Å². The number of aryl methyl sites for hydroxylation is 1. The molecule has 0 saturated carbocycles. The lowest BCUT2D eigenvalue weighted by Crippen LogP contribution is -2.25. The van der Waals surface area contributed by atoms with Gasteiger partial charge in [0, 0.05) is 18.7 Å². The fraction of sp³-hybridized carbons (Fsp3) is 0.316. The van der Waals surface area contributed by atoms with Gasteiger partial charge >= 0.3 is 0 Å². The lowest BCUT2D eigenvalue weighted by molar-refractivity contribution is 0.0773. The number of amides is 1. The Morgan fingerprint density at radius 1 is 1.05 bits per heavy atom. The van der Waals surface area contributed by atoms with Gasteiger partial charge in [-0.05, 0) is 43.5 Å². The Labute approximate surface area is 131 Å². The smallest absolute Gasteiger partial charge is 0.254 e. The highest BCUT2D eigenvalue weighted by atomic mass is 16.5. The number of benzene rings is 2. The van der Waals surface area contributed by atoms with Crippen molar-refractivity contribution in [3.63, 3.8) is 0 Å². The van der Waals surface area contributed by atoms with Crippen LogP contribution in [0.4, 0.5) is 0 Å². The summed E-state index contributed by atoms with van der Waals surface area (Å²) in [4.78, 5) is 14.1. The van der Waals surface area contributed by atoms with E-state index in [0.29, 0.717) is 6.61 Å². The molecule has 1 aliphatic heterocycles. The SMILES string of the molecule is Cc1ccc(OCCCCN2Cc3ccccc3C2=O)cc1. The second-order valence-electron chi connectivity index (χ2n) is 5.75. The minimum absolute atomic E-state index is 0.162. The number of nitrogens with zero attached hydrogens (tertiary/aromatic N) is 1. The third-order valence-corrected chi connectivity index (χ3v) is 4.01. The van der Waals surface area contributed by atoms with Crippen LogP contribution < -0.4 is 4.74 Å². The van der Waals surface area contributed by atoms with Crippen molar-refractivity contribution in [3.8, 4) is 5.75 Å². The number of hydrogen-bond donors (Lipinski definition) is 0. The zero-order valence-electron chi connectivity index (χ0n) is 12.9. The van der Waals surface area contributed by atoms with E-state index >= 15 is 0 Å². The molecule has 2 aromatic rings. The molecule has 1 aliphatic rings. The highest BCUT2D eigenvalue weighted by molar-refractivity contribution is 5.98. The minimum atomic E-state index is 0.162. The molecule has 0 saturated heterocycles. The number of unbranched alkanes of at least 4 members (excludes halogenated alkanes) is 1. The molecule has 3 nitrogen and oxygen atoms in total. The van der Waals surface area contributed by atoms with E-state index in [-0.39, 0.29) is 5.91 Å². The first-order valence-corrected chi connectivity index (χ1v) is 7.81. The Bertz CT molecular complexity index is 649. The molecule has 0 spiro atoms. The number of fused-ring (bicyclic) bond motifs is 1. The van der Waals surface area contributed by atoms with Gasteiger partial charge in [-0.25, -0.2) is 0 Å². The third-order valence-electron chi connectivity index (χ3n) is 4.01. The standard InChI is InChI=1S/C19H21NO2/c1-15-8-10-17(11-9-15)22-13-5-4-12-20-14-16-6-2-3-7-18(16)19(20)21/h2-3,6-11H,4-5,12-14H2,1H3. The first-order valence-electron chi connectivity index (χ1n) is 7.81. The lowest BCUT2D eigenvalue weighted by atomic mass is 10.1. The third kappa shape index (κ3) is 3.30. The van der Waals surface area contributed by atoms with Crippen LogP contribution in [0.1, 0.15) is 34.3 Å². The van der Waals surface area contributed by atoms with Crippen LogP contribution in [0.15, 0.2) is 48.5 Å². The maximum absolute atomic E-state index is 12.2. The highest BCUT2D eigenvalue weighted by Crippen LogP contribution is 2.22. The molecule has 1 heterocycles. The summed E-state index contributed by atoms with van der Waals surface area (Å²) in [6.45, 7) is 4.30. The molecule has 0 fully saturated rings. The first kappa shape index (κ1) is 14.6. The van der Waals surface area contributed by atoms with Crippen molar-refractivity contribution >= 4 is 5.91 Å². The van der Waals surface area contributed by atoms with E-state index in [4.69, 9.17) is 4.74 Å². The maximum Gasteiger partial charge on any atom is 0.254 e. The normalized spacial score (nSPS) is 13.3. The van der Waals surface area contributed by atoms with Gasteiger partial charge in [0.25, 0.3) is 5.91 Å². The first-order chi connectivity index (χ1) is 10.7. The molecule has 0 unspecified atom stereocenters. The molecular formula is C19H21NO2. The summed E-state index contributed by atoms with van der Waals surface area (Å²) in [5.74, 6) is 1.07. The Hall–Kier alpha value is -2.29. The largest absolute Gasteiger partial charge is 0.494 e. The molecular weight excluding hydrogens is 274 g/mol. The van der Waals surface area contributed by atoms with Crippen molar-refractivity contribution in [2.75, 3.05) is 13.2 Å². The van der Waals surface area contributed by atoms with Crippen molar-refractivity contribution in [2.24, 2.45) is 0 Å². The van der Waals surface area contributed by atoms with E-state index < -0.39 is 0 Å². The van der Waals surface area contributed by atoms with E-state index in [0.717, 1.165) is 42.8 Å². The molecule has 0 bridgehead atoms. The van der Waals surface area contributed by atoms with Gasteiger partial charge in [0.1, 0.15) is 5.75 Å². The van der Waals surface area contributed by atoms with E-state index in [9.17, 15) is 4.79 Å². The van der Waals surface area contributed by atoms with Crippen molar-refractivity contribution in [2.45, 2.75) is 26.3 Å². The summed E-state index contributed by atoms with van der Waals surface area (Å²) >= 11 is 0. The second-order valence-corrected chi connectivity index (χ2v) is 5.75. The quantitative estimate of drug-likeness (QED) is 0.758. The van der Waals surface area contributed by atoms with Crippen LogP contribution in [0.25, 0.3) is 0 Å². The molecule has 114 valence electrons. The number of ether oxygens (including phenoxy) is 1. The summed E-state index contributed by atoms with van der Waals surface area (Å²) in [7, 11) is 0.